The second-order valence-electron chi connectivity index (χ2n) is 4.85. The van der Waals surface area contributed by atoms with Gasteiger partial charge in [-0.15, -0.1) is 0 Å². The van der Waals surface area contributed by atoms with Crippen LogP contribution in [0.3, 0.4) is 0 Å². The number of rotatable bonds is 5. The third-order valence-corrected chi connectivity index (χ3v) is 4.02. The van der Waals surface area contributed by atoms with E-state index in [1.54, 1.807) is 0 Å². The van der Waals surface area contributed by atoms with Crippen molar-refractivity contribution in [2.75, 3.05) is 6.54 Å². The van der Waals surface area contributed by atoms with Gasteiger partial charge in [0.15, 0.2) is 0 Å². The van der Waals surface area contributed by atoms with Crippen LogP contribution in [0.15, 0.2) is 24.3 Å². The summed E-state index contributed by atoms with van der Waals surface area (Å²) < 4.78 is 1.91. The summed E-state index contributed by atoms with van der Waals surface area (Å²) in [5, 5.41) is 9.30. The normalized spacial score (nSPS) is 12.7. The predicted octanol–water partition coefficient (Wildman–Crippen LogP) is 3.93. The number of hydrogen-bond donors (Lipinski definition) is 1. The van der Waals surface area contributed by atoms with Crippen LogP contribution in [0.5, 0.6) is 0 Å². The monoisotopic (exact) mass is 311 g/mol. The first kappa shape index (κ1) is 15.4. The minimum atomic E-state index is 0.142. The van der Waals surface area contributed by atoms with Crippen molar-refractivity contribution in [3.05, 3.63) is 51.3 Å². The Morgan fingerprint density at radius 3 is 2.45 bits per heavy atom. The number of halogens is 2. The highest BCUT2D eigenvalue weighted by atomic mass is 35.5. The SMILES string of the molecule is CCNC(Cc1c(Cl)cccc1Cl)c1cc(C)nn1C. The molecule has 0 saturated heterocycles. The minimum absolute atomic E-state index is 0.142. The first-order valence-electron chi connectivity index (χ1n) is 6.69. The van der Waals surface area contributed by atoms with E-state index in [2.05, 4.69) is 23.4 Å². The zero-order valence-corrected chi connectivity index (χ0v) is 13.5. The Hall–Kier alpha value is -1.03. The summed E-state index contributed by atoms with van der Waals surface area (Å²) in [6.07, 6.45) is 0.741. The van der Waals surface area contributed by atoms with Crippen LogP contribution < -0.4 is 5.32 Å². The maximum atomic E-state index is 6.27. The third kappa shape index (κ3) is 3.35. The van der Waals surface area contributed by atoms with E-state index in [0.717, 1.165) is 29.9 Å². The number of nitrogens with zero attached hydrogens (tertiary/aromatic N) is 2. The molecule has 0 fully saturated rings. The number of aryl methyl sites for hydroxylation is 2. The van der Waals surface area contributed by atoms with E-state index in [9.17, 15) is 0 Å². The molecule has 3 nitrogen and oxygen atoms in total. The van der Waals surface area contributed by atoms with Crippen molar-refractivity contribution in [3.63, 3.8) is 0 Å². The largest absolute Gasteiger partial charge is 0.309 e. The van der Waals surface area contributed by atoms with Crippen LogP contribution in [0, 0.1) is 6.92 Å². The Labute approximate surface area is 129 Å². The van der Waals surface area contributed by atoms with Gasteiger partial charge in [-0.2, -0.15) is 5.10 Å². The van der Waals surface area contributed by atoms with Crippen LogP contribution in [0.4, 0.5) is 0 Å². The Bertz CT molecular complexity index is 573. The van der Waals surface area contributed by atoms with Crippen LogP contribution >= 0.6 is 23.2 Å². The number of nitrogens with one attached hydrogen (secondary N) is 1. The van der Waals surface area contributed by atoms with Gasteiger partial charge in [0.25, 0.3) is 0 Å². The summed E-state index contributed by atoms with van der Waals surface area (Å²) >= 11 is 12.5. The number of likely N-dealkylation sites (N-methyl/N-ethyl adjacent to an activating group) is 1. The average Bonchev–Trinajstić information content (AvgIpc) is 2.72. The molecule has 20 heavy (non-hydrogen) atoms. The lowest BCUT2D eigenvalue weighted by atomic mass is 10.0. The lowest BCUT2D eigenvalue weighted by Gasteiger charge is -2.19. The van der Waals surface area contributed by atoms with Crippen molar-refractivity contribution >= 4 is 23.2 Å². The van der Waals surface area contributed by atoms with Gasteiger partial charge in [-0.1, -0.05) is 36.2 Å². The van der Waals surface area contributed by atoms with Crippen molar-refractivity contribution in [1.29, 1.82) is 0 Å². The quantitative estimate of drug-likeness (QED) is 0.906. The topological polar surface area (TPSA) is 29.9 Å². The van der Waals surface area contributed by atoms with Gasteiger partial charge in [0.1, 0.15) is 0 Å². The molecule has 1 atom stereocenters. The molecule has 0 bridgehead atoms. The fourth-order valence-corrected chi connectivity index (χ4v) is 2.97. The van der Waals surface area contributed by atoms with Crippen LogP contribution in [0.1, 0.15) is 29.9 Å². The molecule has 0 aliphatic rings. The minimum Gasteiger partial charge on any atom is -0.309 e. The second-order valence-corrected chi connectivity index (χ2v) is 5.66. The van der Waals surface area contributed by atoms with Crippen LogP contribution in [-0.2, 0) is 13.5 Å². The van der Waals surface area contributed by atoms with E-state index >= 15 is 0 Å². The van der Waals surface area contributed by atoms with Crippen LogP contribution in [-0.4, -0.2) is 16.3 Å². The maximum absolute atomic E-state index is 6.27. The predicted molar refractivity (Wildman–Crippen MR) is 84.5 cm³/mol. The van der Waals surface area contributed by atoms with Gasteiger partial charge in [0.05, 0.1) is 17.4 Å². The van der Waals surface area contributed by atoms with Crippen molar-refractivity contribution in [3.8, 4) is 0 Å². The summed E-state index contributed by atoms with van der Waals surface area (Å²) in [5.41, 5.74) is 3.12. The van der Waals surface area contributed by atoms with Crippen molar-refractivity contribution < 1.29 is 0 Å². The first-order valence-corrected chi connectivity index (χ1v) is 7.45. The zero-order valence-electron chi connectivity index (χ0n) is 12.0. The maximum Gasteiger partial charge on any atom is 0.0597 e. The summed E-state index contributed by atoms with van der Waals surface area (Å²) in [7, 11) is 1.96. The van der Waals surface area contributed by atoms with Crippen LogP contribution in [0.2, 0.25) is 10.0 Å². The van der Waals surface area contributed by atoms with E-state index < -0.39 is 0 Å². The molecule has 0 aliphatic carbocycles. The highest BCUT2D eigenvalue weighted by Gasteiger charge is 2.18. The Morgan fingerprint density at radius 2 is 1.95 bits per heavy atom. The molecule has 1 heterocycles. The molecular weight excluding hydrogens is 293 g/mol. The van der Waals surface area contributed by atoms with Crippen LogP contribution in [0.25, 0.3) is 0 Å². The van der Waals surface area contributed by atoms with Crippen molar-refractivity contribution in [1.82, 2.24) is 15.1 Å². The fraction of sp³-hybridized carbons (Fsp3) is 0.400. The number of aromatic nitrogens is 2. The molecule has 1 aromatic heterocycles. The Morgan fingerprint density at radius 1 is 1.30 bits per heavy atom. The van der Waals surface area contributed by atoms with Gasteiger partial charge < -0.3 is 5.32 Å². The molecule has 108 valence electrons. The van der Waals surface area contributed by atoms with E-state index in [-0.39, 0.29) is 6.04 Å². The molecule has 0 spiro atoms. The molecule has 1 N–H and O–H groups in total. The second kappa shape index (κ2) is 6.61. The molecule has 2 rings (SSSR count). The molecule has 0 radical (unpaired) electrons. The smallest absolute Gasteiger partial charge is 0.0597 e. The Balaban J connectivity index is 2.33. The molecule has 0 amide bonds. The van der Waals surface area contributed by atoms with Gasteiger partial charge in [0.2, 0.25) is 0 Å². The van der Waals surface area contributed by atoms with Gasteiger partial charge in [0, 0.05) is 17.1 Å². The van der Waals surface area contributed by atoms with Gasteiger partial charge in [-0.25, -0.2) is 0 Å². The third-order valence-electron chi connectivity index (χ3n) is 3.32. The van der Waals surface area contributed by atoms with E-state index in [4.69, 9.17) is 23.2 Å². The highest BCUT2D eigenvalue weighted by Crippen LogP contribution is 2.29. The fourth-order valence-electron chi connectivity index (χ4n) is 2.42. The molecule has 1 unspecified atom stereocenters. The summed E-state index contributed by atoms with van der Waals surface area (Å²) in [6, 6.07) is 7.85. The number of benzene rings is 1. The van der Waals surface area contributed by atoms with E-state index in [0.29, 0.717) is 10.0 Å². The molecule has 5 heteroatoms. The van der Waals surface area contributed by atoms with Gasteiger partial charge >= 0.3 is 0 Å². The standard InChI is InChI=1S/C15H19Cl2N3/c1-4-18-14(15-8-10(2)19-20(15)3)9-11-12(16)6-5-7-13(11)17/h5-8,14,18H,4,9H2,1-3H3. The number of hydrogen-bond acceptors (Lipinski definition) is 2. The summed E-state index contributed by atoms with van der Waals surface area (Å²) in [4.78, 5) is 0. The lowest BCUT2D eigenvalue weighted by Crippen LogP contribution is -2.25. The first-order chi connectivity index (χ1) is 9.52. The van der Waals surface area contributed by atoms with E-state index in [1.807, 2.05) is 36.9 Å². The van der Waals surface area contributed by atoms with Gasteiger partial charge in [-0.3, -0.25) is 4.68 Å². The molecule has 0 saturated carbocycles. The zero-order chi connectivity index (χ0) is 14.7. The molecular formula is C15H19Cl2N3. The van der Waals surface area contributed by atoms with E-state index in [1.165, 1.54) is 0 Å². The van der Waals surface area contributed by atoms with Gasteiger partial charge in [-0.05, 0) is 43.7 Å². The summed E-state index contributed by atoms with van der Waals surface area (Å²) in [5.74, 6) is 0. The summed E-state index contributed by atoms with van der Waals surface area (Å²) in [6.45, 7) is 4.95. The average molecular weight is 312 g/mol. The Kier molecular flexibility index (Phi) is 5.08. The lowest BCUT2D eigenvalue weighted by molar-refractivity contribution is 0.507. The molecule has 0 aliphatic heterocycles. The van der Waals surface area contributed by atoms with Crippen molar-refractivity contribution in [2.45, 2.75) is 26.3 Å². The van der Waals surface area contributed by atoms with Crippen molar-refractivity contribution in [2.24, 2.45) is 7.05 Å². The molecule has 2 aromatic rings. The highest BCUT2D eigenvalue weighted by molar-refractivity contribution is 6.36. The molecule has 1 aromatic carbocycles.